The molecule has 0 saturated carbocycles. The first-order chi connectivity index (χ1) is 16.9. The SMILES string of the molecule is COc1ccc(OCCCOc2c(Cl)cc(/C=C(/C#N)C(=O)Nc3cc(C)on3)cc2OC)cc1. The second-order valence-electron chi connectivity index (χ2n) is 7.21. The number of carbonyl (C=O) groups is 1. The molecule has 0 bridgehead atoms. The number of anilines is 1. The van der Waals surface area contributed by atoms with Crippen molar-refractivity contribution in [2.45, 2.75) is 13.3 Å². The zero-order valence-electron chi connectivity index (χ0n) is 19.5. The van der Waals surface area contributed by atoms with Crippen LogP contribution in [0.4, 0.5) is 5.82 Å². The van der Waals surface area contributed by atoms with Crippen LogP contribution >= 0.6 is 11.6 Å². The highest BCUT2D eigenvalue weighted by Crippen LogP contribution is 2.37. The van der Waals surface area contributed by atoms with E-state index in [0.29, 0.717) is 42.5 Å². The average molecular weight is 498 g/mol. The maximum Gasteiger partial charge on any atom is 0.267 e. The van der Waals surface area contributed by atoms with Crippen LogP contribution in [0.2, 0.25) is 5.02 Å². The van der Waals surface area contributed by atoms with E-state index >= 15 is 0 Å². The molecule has 2 aromatic carbocycles. The Balaban J connectivity index is 1.61. The quantitative estimate of drug-likeness (QED) is 0.222. The van der Waals surface area contributed by atoms with Gasteiger partial charge in [-0.25, -0.2) is 0 Å². The smallest absolute Gasteiger partial charge is 0.267 e. The Hall–Kier alpha value is -4.16. The van der Waals surface area contributed by atoms with Gasteiger partial charge in [0, 0.05) is 12.5 Å². The first-order valence-corrected chi connectivity index (χ1v) is 10.9. The van der Waals surface area contributed by atoms with E-state index in [-0.39, 0.29) is 16.4 Å². The van der Waals surface area contributed by atoms with Crippen LogP contribution in [0.5, 0.6) is 23.0 Å². The Morgan fingerprint density at radius 2 is 1.83 bits per heavy atom. The van der Waals surface area contributed by atoms with Gasteiger partial charge in [-0.15, -0.1) is 0 Å². The standard InChI is InChI=1S/C25H24ClN3O6/c1-16-11-23(29-35-16)28-25(30)18(15-27)12-17-13-21(26)24(22(14-17)32-3)34-10-4-9-33-20-7-5-19(31-2)6-8-20/h5-8,11-14H,4,9-10H2,1-3H3,(H,28,29,30)/b18-12-. The third kappa shape index (κ3) is 7.16. The van der Waals surface area contributed by atoms with Crippen molar-refractivity contribution in [3.05, 3.63) is 64.4 Å². The Kier molecular flexibility index (Phi) is 8.98. The summed E-state index contributed by atoms with van der Waals surface area (Å²) in [5.41, 5.74) is 0.346. The van der Waals surface area contributed by atoms with Crippen LogP contribution in [0.25, 0.3) is 6.08 Å². The molecule has 3 aromatic rings. The number of halogens is 1. The molecule has 0 unspecified atom stereocenters. The Morgan fingerprint density at radius 3 is 2.46 bits per heavy atom. The normalized spacial score (nSPS) is 10.9. The third-order valence-corrected chi connectivity index (χ3v) is 4.94. The molecule has 0 radical (unpaired) electrons. The van der Waals surface area contributed by atoms with Crippen molar-refractivity contribution in [1.29, 1.82) is 5.26 Å². The van der Waals surface area contributed by atoms with E-state index in [1.54, 1.807) is 32.2 Å². The van der Waals surface area contributed by atoms with Crippen LogP contribution in [-0.4, -0.2) is 38.5 Å². The lowest BCUT2D eigenvalue weighted by molar-refractivity contribution is -0.112. The van der Waals surface area contributed by atoms with Crippen LogP contribution in [0.3, 0.4) is 0 Å². The van der Waals surface area contributed by atoms with Gasteiger partial charge >= 0.3 is 0 Å². The Bertz CT molecular complexity index is 1230. The zero-order valence-corrected chi connectivity index (χ0v) is 20.2. The van der Waals surface area contributed by atoms with Gasteiger partial charge in [-0.05, 0) is 55.0 Å². The molecule has 10 heteroatoms. The molecule has 0 aliphatic rings. The molecular formula is C25H24ClN3O6. The van der Waals surface area contributed by atoms with Crippen molar-refractivity contribution in [2.24, 2.45) is 0 Å². The number of ether oxygens (including phenoxy) is 4. The van der Waals surface area contributed by atoms with Crippen LogP contribution in [-0.2, 0) is 4.79 Å². The number of aryl methyl sites for hydroxylation is 1. The number of hydrogen-bond donors (Lipinski definition) is 1. The summed E-state index contributed by atoms with van der Waals surface area (Å²) < 4.78 is 26.9. The van der Waals surface area contributed by atoms with Crippen molar-refractivity contribution in [2.75, 3.05) is 32.8 Å². The van der Waals surface area contributed by atoms with Crippen LogP contribution < -0.4 is 24.3 Å². The largest absolute Gasteiger partial charge is 0.497 e. The third-order valence-electron chi connectivity index (χ3n) is 4.66. The van der Waals surface area contributed by atoms with Crippen molar-refractivity contribution in [3.8, 4) is 29.1 Å². The number of benzene rings is 2. The van der Waals surface area contributed by atoms with Gasteiger partial charge in [0.2, 0.25) is 0 Å². The highest BCUT2D eigenvalue weighted by atomic mass is 35.5. The van der Waals surface area contributed by atoms with E-state index in [1.807, 2.05) is 30.3 Å². The molecule has 0 fully saturated rings. The van der Waals surface area contributed by atoms with E-state index in [9.17, 15) is 10.1 Å². The summed E-state index contributed by atoms with van der Waals surface area (Å²) in [7, 11) is 3.08. The van der Waals surface area contributed by atoms with Crippen molar-refractivity contribution < 1.29 is 28.3 Å². The van der Waals surface area contributed by atoms with E-state index in [4.69, 9.17) is 35.1 Å². The molecular weight excluding hydrogens is 474 g/mol. The minimum Gasteiger partial charge on any atom is -0.497 e. The molecule has 1 aromatic heterocycles. The zero-order chi connectivity index (χ0) is 25.2. The summed E-state index contributed by atoms with van der Waals surface area (Å²) in [4.78, 5) is 12.4. The lowest BCUT2D eigenvalue weighted by Crippen LogP contribution is -2.13. The van der Waals surface area contributed by atoms with Gasteiger partial charge in [-0.3, -0.25) is 4.79 Å². The molecule has 0 aliphatic carbocycles. The number of amides is 1. The van der Waals surface area contributed by atoms with Gasteiger partial charge < -0.3 is 28.8 Å². The highest BCUT2D eigenvalue weighted by Gasteiger charge is 2.15. The van der Waals surface area contributed by atoms with Gasteiger partial charge in [0.1, 0.15) is 28.9 Å². The predicted octanol–water partition coefficient (Wildman–Crippen LogP) is 5.05. The summed E-state index contributed by atoms with van der Waals surface area (Å²) >= 11 is 6.41. The van der Waals surface area contributed by atoms with Gasteiger partial charge in [0.15, 0.2) is 17.3 Å². The number of nitrogens with zero attached hydrogens (tertiary/aromatic N) is 2. The number of nitriles is 1. The molecule has 3 rings (SSSR count). The number of hydrogen-bond acceptors (Lipinski definition) is 8. The Labute approximate surface area is 207 Å². The van der Waals surface area contributed by atoms with Crippen LogP contribution in [0.15, 0.2) is 52.6 Å². The fourth-order valence-electron chi connectivity index (χ4n) is 2.98. The minimum atomic E-state index is -0.631. The molecule has 9 nitrogen and oxygen atoms in total. The van der Waals surface area contributed by atoms with Crippen molar-refractivity contribution in [3.63, 3.8) is 0 Å². The fourth-order valence-corrected chi connectivity index (χ4v) is 3.26. The summed E-state index contributed by atoms with van der Waals surface area (Å²) in [5, 5.41) is 15.9. The highest BCUT2D eigenvalue weighted by molar-refractivity contribution is 6.32. The molecule has 35 heavy (non-hydrogen) atoms. The summed E-state index contributed by atoms with van der Waals surface area (Å²) in [6.07, 6.45) is 2.00. The molecule has 0 aliphatic heterocycles. The summed E-state index contributed by atoms with van der Waals surface area (Å²) in [6, 6.07) is 13.9. The molecule has 1 heterocycles. The summed E-state index contributed by atoms with van der Waals surface area (Å²) in [6.45, 7) is 2.47. The number of methoxy groups -OCH3 is 2. The second kappa shape index (κ2) is 12.3. The number of nitrogens with one attached hydrogen (secondary N) is 1. The van der Waals surface area contributed by atoms with Crippen molar-refractivity contribution in [1.82, 2.24) is 5.16 Å². The lowest BCUT2D eigenvalue weighted by Gasteiger charge is -2.14. The molecule has 0 saturated heterocycles. The maximum atomic E-state index is 12.4. The average Bonchev–Trinajstić information content (AvgIpc) is 3.27. The van der Waals surface area contributed by atoms with E-state index in [1.165, 1.54) is 13.2 Å². The molecule has 0 spiro atoms. The van der Waals surface area contributed by atoms with Crippen molar-refractivity contribution >= 4 is 29.4 Å². The molecule has 1 N–H and O–H groups in total. The number of carbonyl (C=O) groups excluding carboxylic acids is 1. The van der Waals surface area contributed by atoms with Crippen LogP contribution in [0, 0.1) is 18.3 Å². The summed E-state index contributed by atoms with van der Waals surface area (Å²) in [5.74, 6) is 2.32. The monoisotopic (exact) mass is 497 g/mol. The van der Waals surface area contributed by atoms with E-state index in [2.05, 4.69) is 10.5 Å². The maximum absolute atomic E-state index is 12.4. The second-order valence-corrected chi connectivity index (χ2v) is 7.61. The molecule has 0 atom stereocenters. The van der Waals surface area contributed by atoms with Gasteiger partial charge in [0.05, 0.1) is 32.5 Å². The Morgan fingerprint density at radius 1 is 1.11 bits per heavy atom. The molecule has 1 amide bonds. The van der Waals surface area contributed by atoms with Crippen LogP contribution in [0.1, 0.15) is 17.7 Å². The lowest BCUT2D eigenvalue weighted by atomic mass is 10.1. The first kappa shape index (κ1) is 25.5. The van der Waals surface area contributed by atoms with Gasteiger partial charge in [-0.1, -0.05) is 16.8 Å². The van der Waals surface area contributed by atoms with E-state index < -0.39 is 5.91 Å². The predicted molar refractivity (Wildman–Crippen MR) is 130 cm³/mol. The molecule has 182 valence electrons. The fraction of sp³-hybridized carbons (Fsp3) is 0.240. The first-order valence-electron chi connectivity index (χ1n) is 10.6. The van der Waals surface area contributed by atoms with Gasteiger partial charge in [-0.2, -0.15) is 5.26 Å². The topological polar surface area (TPSA) is 116 Å². The van der Waals surface area contributed by atoms with E-state index in [0.717, 1.165) is 11.5 Å². The van der Waals surface area contributed by atoms with Gasteiger partial charge in [0.25, 0.3) is 5.91 Å². The minimum absolute atomic E-state index is 0.145. The number of aromatic nitrogens is 1. The number of rotatable bonds is 11.